The van der Waals surface area contributed by atoms with E-state index in [1.807, 2.05) is 19.9 Å². The first-order valence-electron chi connectivity index (χ1n) is 8.77. The maximum absolute atomic E-state index is 12.1. The lowest BCUT2D eigenvalue weighted by Gasteiger charge is -2.37. The molecule has 140 valence electrons. The monoisotopic (exact) mass is 359 g/mol. The molecule has 1 N–H and O–H groups in total. The Morgan fingerprint density at radius 2 is 1.65 bits per heavy atom. The average molecular weight is 359 g/mol. The van der Waals surface area contributed by atoms with E-state index in [2.05, 4.69) is 25.1 Å². The predicted molar refractivity (Wildman–Crippen MR) is 102 cm³/mol. The van der Waals surface area contributed by atoms with Gasteiger partial charge in [-0.1, -0.05) is 0 Å². The molecular formula is C17H25N7O2. The van der Waals surface area contributed by atoms with Gasteiger partial charge in [-0.25, -0.2) is 9.78 Å². The highest BCUT2D eigenvalue weighted by molar-refractivity contribution is 5.48. The van der Waals surface area contributed by atoms with Crippen molar-refractivity contribution in [3.8, 4) is 0 Å². The van der Waals surface area contributed by atoms with Gasteiger partial charge in [0, 0.05) is 64.6 Å². The van der Waals surface area contributed by atoms with E-state index in [9.17, 15) is 9.59 Å². The zero-order valence-corrected chi connectivity index (χ0v) is 15.7. The second-order valence-corrected chi connectivity index (χ2v) is 6.44. The molecule has 0 aliphatic carbocycles. The number of aromatic nitrogens is 4. The van der Waals surface area contributed by atoms with Crippen LogP contribution in [0.1, 0.15) is 12.6 Å². The van der Waals surface area contributed by atoms with Crippen LogP contribution in [0.15, 0.2) is 21.7 Å². The van der Waals surface area contributed by atoms with Gasteiger partial charge in [0.05, 0.1) is 0 Å². The first-order chi connectivity index (χ1) is 12.4. The molecule has 1 aliphatic heterocycles. The number of nitrogens with zero attached hydrogens (tertiary/aromatic N) is 6. The molecule has 1 fully saturated rings. The Hall–Kier alpha value is -2.84. The van der Waals surface area contributed by atoms with E-state index >= 15 is 0 Å². The van der Waals surface area contributed by atoms with Gasteiger partial charge in [0.15, 0.2) is 0 Å². The van der Waals surface area contributed by atoms with Crippen LogP contribution >= 0.6 is 0 Å². The van der Waals surface area contributed by atoms with Gasteiger partial charge in [-0.15, -0.1) is 0 Å². The summed E-state index contributed by atoms with van der Waals surface area (Å²) in [6.45, 7) is 7.67. The van der Waals surface area contributed by atoms with Crippen LogP contribution in [-0.2, 0) is 14.1 Å². The summed E-state index contributed by atoms with van der Waals surface area (Å²) in [6.07, 6.45) is 0. The van der Waals surface area contributed by atoms with Crippen molar-refractivity contribution in [2.24, 2.45) is 14.1 Å². The Balaban J connectivity index is 1.78. The van der Waals surface area contributed by atoms with Crippen molar-refractivity contribution in [1.29, 1.82) is 0 Å². The van der Waals surface area contributed by atoms with E-state index in [1.54, 1.807) is 7.05 Å². The van der Waals surface area contributed by atoms with Gasteiger partial charge in [-0.2, -0.15) is 4.98 Å². The molecular weight excluding hydrogens is 334 g/mol. The third kappa shape index (κ3) is 3.42. The molecule has 0 saturated carbocycles. The average Bonchev–Trinajstić information content (AvgIpc) is 2.63. The molecule has 0 unspecified atom stereocenters. The zero-order valence-electron chi connectivity index (χ0n) is 15.7. The number of piperazine rings is 1. The van der Waals surface area contributed by atoms with Gasteiger partial charge in [-0.05, 0) is 13.8 Å². The summed E-state index contributed by atoms with van der Waals surface area (Å²) in [4.78, 5) is 37.3. The van der Waals surface area contributed by atoms with E-state index in [0.29, 0.717) is 24.9 Å². The Bertz CT molecular complexity index is 910. The smallest absolute Gasteiger partial charge is 0.332 e. The van der Waals surface area contributed by atoms with Crippen LogP contribution < -0.4 is 26.4 Å². The standard InChI is InChI=1S/C17H25N7O2/c1-5-18-16-19-12(2)10-13(20-16)23-6-8-24(9-7-23)14-11-15(25)22(4)17(26)21(14)3/h10-11H,5-9H2,1-4H3,(H,18,19,20). The minimum absolute atomic E-state index is 0.285. The van der Waals surface area contributed by atoms with Crippen LogP contribution in [0.3, 0.4) is 0 Å². The molecule has 3 rings (SSSR count). The molecule has 0 radical (unpaired) electrons. The quantitative estimate of drug-likeness (QED) is 0.818. The number of aryl methyl sites for hydroxylation is 1. The van der Waals surface area contributed by atoms with Crippen molar-refractivity contribution in [3.05, 3.63) is 38.7 Å². The number of anilines is 3. The van der Waals surface area contributed by atoms with Crippen LogP contribution in [0.4, 0.5) is 17.6 Å². The lowest BCUT2D eigenvalue weighted by atomic mass is 10.3. The number of hydrogen-bond donors (Lipinski definition) is 1. The summed E-state index contributed by atoms with van der Waals surface area (Å²) < 4.78 is 2.64. The first-order valence-corrected chi connectivity index (χ1v) is 8.77. The normalized spacial score (nSPS) is 14.6. The summed E-state index contributed by atoms with van der Waals surface area (Å²) in [6, 6.07) is 3.50. The molecule has 0 atom stereocenters. The largest absolute Gasteiger partial charge is 0.354 e. The van der Waals surface area contributed by atoms with E-state index in [4.69, 9.17) is 0 Å². The predicted octanol–water partition coefficient (Wildman–Crippen LogP) is -0.0592. The Labute approximate surface area is 151 Å². The second-order valence-electron chi connectivity index (χ2n) is 6.44. The fraction of sp³-hybridized carbons (Fsp3) is 0.529. The van der Waals surface area contributed by atoms with E-state index < -0.39 is 0 Å². The van der Waals surface area contributed by atoms with Crippen molar-refractivity contribution >= 4 is 17.6 Å². The second kappa shape index (κ2) is 7.19. The van der Waals surface area contributed by atoms with Gasteiger partial charge < -0.3 is 15.1 Å². The first kappa shape index (κ1) is 18.0. The molecule has 2 aromatic rings. The maximum Gasteiger partial charge on any atom is 0.332 e. The van der Waals surface area contributed by atoms with Gasteiger partial charge in [0.25, 0.3) is 5.56 Å². The van der Waals surface area contributed by atoms with Crippen molar-refractivity contribution in [2.45, 2.75) is 13.8 Å². The molecule has 2 aromatic heterocycles. The molecule has 0 bridgehead atoms. The number of nitrogens with one attached hydrogen (secondary N) is 1. The third-order valence-corrected chi connectivity index (χ3v) is 4.60. The van der Waals surface area contributed by atoms with Crippen LogP contribution in [0.25, 0.3) is 0 Å². The lowest BCUT2D eigenvalue weighted by molar-refractivity contribution is 0.607. The van der Waals surface area contributed by atoms with Crippen molar-refractivity contribution in [3.63, 3.8) is 0 Å². The van der Waals surface area contributed by atoms with Crippen molar-refractivity contribution in [2.75, 3.05) is 47.8 Å². The number of rotatable bonds is 4. The SMILES string of the molecule is CCNc1nc(C)cc(N2CCN(c3cc(=O)n(C)c(=O)n3C)CC2)n1. The number of hydrogen-bond acceptors (Lipinski definition) is 7. The van der Waals surface area contributed by atoms with E-state index in [1.165, 1.54) is 17.7 Å². The minimum Gasteiger partial charge on any atom is -0.354 e. The summed E-state index contributed by atoms with van der Waals surface area (Å²) in [5.41, 5.74) is 0.325. The molecule has 1 aliphatic rings. The molecule has 9 nitrogen and oxygen atoms in total. The van der Waals surface area contributed by atoms with E-state index in [-0.39, 0.29) is 11.2 Å². The van der Waals surface area contributed by atoms with Crippen LogP contribution in [0, 0.1) is 6.92 Å². The van der Waals surface area contributed by atoms with E-state index in [0.717, 1.165) is 35.7 Å². The molecule has 0 amide bonds. The molecule has 26 heavy (non-hydrogen) atoms. The van der Waals surface area contributed by atoms with Crippen molar-refractivity contribution in [1.82, 2.24) is 19.1 Å². The molecule has 9 heteroatoms. The van der Waals surface area contributed by atoms with Crippen molar-refractivity contribution < 1.29 is 0 Å². The lowest BCUT2D eigenvalue weighted by Crippen LogP contribution is -2.49. The molecule has 3 heterocycles. The fourth-order valence-electron chi connectivity index (χ4n) is 3.14. The van der Waals surface area contributed by atoms with Crippen LogP contribution in [0.5, 0.6) is 0 Å². The van der Waals surface area contributed by atoms with Gasteiger partial charge in [0.2, 0.25) is 5.95 Å². The fourth-order valence-corrected chi connectivity index (χ4v) is 3.14. The van der Waals surface area contributed by atoms with Gasteiger partial charge in [-0.3, -0.25) is 13.9 Å². The topological polar surface area (TPSA) is 88.3 Å². The summed E-state index contributed by atoms with van der Waals surface area (Å²) in [5, 5.41) is 3.15. The molecule has 0 aromatic carbocycles. The van der Waals surface area contributed by atoms with Gasteiger partial charge in [0.1, 0.15) is 11.6 Å². The van der Waals surface area contributed by atoms with Crippen LogP contribution in [0.2, 0.25) is 0 Å². The Kier molecular flexibility index (Phi) is 4.97. The Morgan fingerprint density at radius 1 is 1.00 bits per heavy atom. The molecule has 0 spiro atoms. The highest BCUT2D eigenvalue weighted by atomic mass is 16.2. The Morgan fingerprint density at radius 3 is 2.31 bits per heavy atom. The summed E-state index contributed by atoms with van der Waals surface area (Å²) in [7, 11) is 3.19. The highest BCUT2D eigenvalue weighted by Crippen LogP contribution is 2.19. The molecule has 1 saturated heterocycles. The summed E-state index contributed by atoms with van der Waals surface area (Å²) in [5.74, 6) is 2.19. The summed E-state index contributed by atoms with van der Waals surface area (Å²) >= 11 is 0. The highest BCUT2D eigenvalue weighted by Gasteiger charge is 2.21. The minimum atomic E-state index is -0.309. The zero-order chi connectivity index (χ0) is 18.8. The maximum atomic E-state index is 12.1. The van der Waals surface area contributed by atoms with Gasteiger partial charge >= 0.3 is 5.69 Å². The third-order valence-electron chi connectivity index (χ3n) is 4.60. The van der Waals surface area contributed by atoms with Crippen LogP contribution in [-0.4, -0.2) is 51.8 Å².